The molecular weight excluding hydrogens is 270 g/mol. The molecule has 1 aromatic rings. The molecule has 1 amide bonds. The van der Waals surface area contributed by atoms with Crippen LogP contribution in [0.1, 0.15) is 37.1 Å². The zero-order chi connectivity index (χ0) is 14.8. The fourth-order valence-corrected chi connectivity index (χ4v) is 3.14. The number of hydrogen-bond donors (Lipinski definition) is 3. The van der Waals surface area contributed by atoms with Gasteiger partial charge >= 0.3 is 0 Å². The number of aromatic nitrogens is 1. The maximum Gasteiger partial charge on any atom is 0.248 e. The number of nitrogens with one attached hydrogen (secondary N) is 3. The van der Waals surface area contributed by atoms with E-state index in [9.17, 15) is 9.59 Å². The molecule has 0 saturated carbocycles. The SMILES string of the molecule is C[C@H]1OCCN[C@@H]1C(=O)NC1CCCc2[nH]c(=O)ccc21. The zero-order valence-electron chi connectivity index (χ0n) is 12.1. The number of H-pyrrole nitrogens is 1. The van der Waals surface area contributed by atoms with Crippen molar-refractivity contribution >= 4 is 5.91 Å². The quantitative estimate of drug-likeness (QED) is 0.729. The van der Waals surface area contributed by atoms with Crippen LogP contribution < -0.4 is 16.2 Å². The Morgan fingerprint density at radius 3 is 3.10 bits per heavy atom. The predicted octanol–water partition coefficient (Wildman–Crippen LogP) is 0.245. The molecule has 1 aliphatic carbocycles. The zero-order valence-corrected chi connectivity index (χ0v) is 12.1. The first-order chi connectivity index (χ1) is 10.1. The molecule has 0 radical (unpaired) electrons. The molecule has 6 heteroatoms. The molecule has 1 aliphatic heterocycles. The molecule has 3 rings (SSSR count). The van der Waals surface area contributed by atoms with Crippen LogP contribution in [0.4, 0.5) is 0 Å². The van der Waals surface area contributed by atoms with Crippen LogP contribution in [-0.4, -0.2) is 36.2 Å². The molecule has 1 fully saturated rings. The van der Waals surface area contributed by atoms with Gasteiger partial charge in [-0.3, -0.25) is 9.59 Å². The Bertz CT molecular complexity index is 584. The van der Waals surface area contributed by atoms with Gasteiger partial charge in [-0.1, -0.05) is 0 Å². The van der Waals surface area contributed by atoms with Gasteiger partial charge in [-0.05, 0) is 37.8 Å². The number of aromatic amines is 1. The average Bonchev–Trinajstić information content (AvgIpc) is 2.47. The number of pyridine rings is 1. The van der Waals surface area contributed by atoms with Gasteiger partial charge in [0.25, 0.3) is 0 Å². The van der Waals surface area contributed by atoms with Crippen molar-refractivity contribution in [1.29, 1.82) is 0 Å². The number of fused-ring (bicyclic) bond motifs is 1. The van der Waals surface area contributed by atoms with Crippen molar-refractivity contribution in [2.24, 2.45) is 0 Å². The van der Waals surface area contributed by atoms with E-state index < -0.39 is 0 Å². The van der Waals surface area contributed by atoms with E-state index in [0.29, 0.717) is 13.2 Å². The van der Waals surface area contributed by atoms with Crippen molar-refractivity contribution in [2.75, 3.05) is 13.2 Å². The topological polar surface area (TPSA) is 83.2 Å². The van der Waals surface area contributed by atoms with Crippen molar-refractivity contribution < 1.29 is 9.53 Å². The van der Waals surface area contributed by atoms with E-state index in [1.807, 2.05) is 13.0 Å². The Balaban J connectivity index is 1.74. The lowest BCUT2D eigenvalue weighted by Gasteiger charge is -2.32. The summed E-state index contributed by atoms with van der Waals surface area (Å²) in [4.78, 5) is 26.7. The van der Waals surface area contributed by atoms with Gasteiger partial charge in [0.05, 0.1) is 18.8 Å². The van der Waals surface area contributed by atoms with E-state index in [2.05, 4.69) is 15.6 Å². The highest BCUT2D eigenvalue weighted by atomic mass is 16.5. The highest BCUT2D eigenvalue weighted by Gasteiger charge is 2.31. The van der Waals surface area contributed by atoms with Crippen LogP contribution in [0.3, 0.4) is 0 Å². The van der Waals surface area contributed by atoms with E-state index in [0.717, 1.165) is 30.5 Å². The minimum absolute atomic E-state index is 0.0333. The summed E-state index contributed by atoms with van der Waals surface area (Å²) in [6.45, 7) is 3.23. The third-order valence-corrected chi connectivity index (χ3v) is 4.25. The maximum absolute atomic E-state index is 12.4. The molecule has 114 valence electrons. The number of rotatable bonds is 2. The average molecular weight is 291 g/mol. The van der Waals surface area contributed by atoms with E-state index in [1.165, 1.54) is 6.07 Å². The molecule has 2 heterocycles. The standard InChI is InChI=1S/C15H21N3O3/c1-9-14(16-7-8-21-9)15(20)18-12-4-2-3-11-10(12)5-6-13(19)17-11/h5-6,9,12,14,16H,2-4,7-8H2,1H3,(H,17,19)(H,18,20)/t9-,12?,14+/m1/s1. The van der Waals surface area contributed by atoms with Gasteiger partial charge in [0.15, 0.2) is 0 Å². The van der Waals surface area contributed by atoms with Crippen LogP contribution in [-0.2, 0) is 16.0 Å². The summed E-state index contributed by atoms with van der Waals surface area (Å²) in [6.07, 6.45) is 2.59. The van der Waals surface area contributed by atoms with Gasteiger partial charge in [0.1, 0.15) is 6.04 Å². The largest absolute Gasteiger partial charge is 0.375 e. The maximum atomic E-state index is 12.4. The lowest BCUT2D eigenvalue weighted by Crippen LogP contribution is -2.56. The summed E-state index contributed by atoms with van der Waals surface area (Å²) in [5.41, 5.74) is 1.88. The minimum atomic E-state index is -0.313. The number of hydrogen-bond acceptors (Lipinski definition) is 4. The van der Waals surface area contributed by atoms with Gasteiger partial charge in [-0.2, -0.15) is 0 Å². The first-order valence-electron chi connectivity index (χ1n) is 7.52. The molecule has 1 unspecified atom stereocenters. The number of aryl methyl sites for hydroxylation is 1. The Hall–Kier alpha value is -1.66. The fourth-order valence-electron chi connectivity index (χ4n) is 3.14. The van der Waals surface area contributed by atoms with Gasteiger partial charge in [-0.15, -0.1) is 0 Å². The van der Waals surface area contributed by atoms with Crippen molar-refractivity contribution in [2.45, 2.75) is 44.4 Å². The Morgan fingerprint density at radius 2 is 2.29 bits per heavy atom. The van der Waals surface area contributed by atoms with Crippen molar-refractivity contribution in [3.63, 3.8) is 0 Å². The van der Waals surface area contributed by atoms with E-state index >= 15 is 0 Å². The van der Waals surface area contributed by atoms with Gasteiger partial charge in [0.2, 0.25) is 11.5 Å². The summed E-state index contributed by atoms with van der Waals surface area (Å²) in [5.74, 6) is -0.0359. The molecule has 1 saturated heterocycles. The molecule has 3 N–H and O–H groups in total. The van der Waals surface area contributed by atoms with E-state index in [-0.39, 0.29) is 29.7 Å². The molecule has 0 spiro atoms. The van der Waals surface area contributed by atoms with Crippen LogP contribution in [0.5, 0.6) is 0 Å². The highest BCUT2D eigenvalue weighted by molar-refractivity contribution is 5.83. The van der Waals surface area contributed by atoms with Crippen LogP contribution in [0.2, 0.25) is 0 Å². The number of amides is 1. The molecule has 0 aromatic carbocycles. The third-order valence-electron chi connectivity index (χ3n) is 4.25. The summed E-state index contributed by atoms with van der Waals surface area (Å²) in [5, 5.41) is 6.29. The van der Waals surface area contributed by atoms with E-state index in [1.54, 1.807) is 0 Å². The summed E-state index contributed by atoms with van der Waals surface area (Å²) in [6, 6.07) is 3.00. The summed E-state index contributed by atoms with van der Waals surface area (Å²) >= 11 is 0. The second-order valence-electron chi connectivity index (χ2n) is 5.72. The van der Waals surface area contributed by atoms with Crippen LogP contribution in [0.25, 0.3) is 0 Å². The van der Waals surface area contributed by atoms with Crippen LogP contribution in [0, 0.1) is 0 Å². The molecule has 2 aliphatic rings. The molecule has 1 aromatic heterocycles. The van der Waals surface area contributed by atoms with Gasteiger partial charge in [-0.25, -0.2) is 0 Å². The monoisotopic (exact) mass is 291 g/mol. The minimum Gasteiger partial charge on any atom is -0.375 e. The highest BCUT2D eigenvalue weighted by Crippen LogP contribution is 2.27. The third kappa shape index (κ3) is 3.01. The Morgan fingerprint density at radius 1 is 1.43 bits per heavy atom. The van der Waals surface area contributed by atoms with Crippen molar-refractivity contribution in [1.82, 2.24) is 15.6 Å². The molecule has 0 bridgehead atoms. The second kappa shape index (κ2) is 5.99. The van der Waals surface area contributed by atoms with E-state index in [4.69, 9.17) is 4.74 Å². The fraction of sp³-hybridized carbons (Fsp3) is 0.600. The second-order valence-corrected chi connectivity index (χ2v) is 5.72. The number of carbonyl (C=O) groups excluding carboxylic acids is 1. The molecule has 6 nitrogen and oxygen atoms in total. The van der Waals surface area contributed by atoms with Gasteiger partial charge < -0.3 is 20.4 Å². The normalized spacial score (nSPS) is 28.7. The summed E-state index contributed by atoms with van der Waals surface area (Å²) < 4.78 is 5.52. The predicted molar refractivity (Wildman–Crippen MR) is 78.1 cm³/mol. The molecular formula is C15H21N3O3. The van der Waals surface area contributed by atoms with Crippen LogP contribution in [0.15, 0.2) is 16.9 Å². The number of ether oxygens (including phenoxy) is 1. The van der Waals surface area contributed by atoms with Crippen LogP contribution >= 0.6 is 0 Å². The Kier molecular flexibility index (Phi) is 4.07. The first kappa shape index (κ1) is 14.3. The van der Waals surface area contributed by atoms with Gasteiger partial charge in [0, 0.05) is 18.3 Å². The number of carbonyl (C=O) groups is 1. The molecule has 21 heavy (non-hydrogen) atoms. The first-order valence-corrected chi connectivity index (χ1v) is 7.52. The number of morpholine rings is 1. The Labute approximate surface area is 123 Å². The summed E-state index contributed by atoms with van der Waals surface area (Å²) in [7, 11) is 0. The van der Waals surface area contributed by atoms with Crippen molar-refractivity contribution in [3.05, 3.63) is 33.7 Å². The van der Waals surface area contributed by atoms with Crippen molar-refractivity contribution in [3.8, 4) is 0 Å². The lowest BCUT2D eigenvalue weighted by atomic mass is 9.91. The lowest BCUT2D eigenvalue weighted by molar-refractivity contribution is -0.129. The smallest absolute Gasteiger partial charge is 0.248 e. The molecule has 3 atom stereocenters.